The Hall–Kier alpha value is -1.90. The molecule has 0 aliphatic carbocycles. The van der Waals surface area contributed by atoms with Crippen LogP contribution in [0.2, 0.25) is 0 Å². The lowest BCUT2D eigenvalue weighted by atomic mass is 10.1. The minimum absolute atomic E-state index is 0.0237. The van der Waals surface area contributed by atoms with Crippen molar-refractivity contribution < 1.29 is 16.8 Å². The van der Waals surface area contributed by atoms with Gasteiger partial charge in [0.25, 0.3) is 0 Å². The predicted molar refractivity (Wildman–Crippen MR) is 116 cm³/mol. The van der Waals surface area contributed by atoms with Gasteiger partial charge < -0.3 is 4.90 Å². The zero-order chi connectivity index (χ0) is 21.2. The molecule has 29 heavy (non-hydrogen) atoms. The lowest BCUT2D eigenvalue weighted by Gasteiger charge is -2.27. The van der Waals surface area contributed by atoms with Crippen LogP contribution in [0.1, 0.15) is 18.9 Å². The van der Waals surface area contributed by atoms with Gasteiger partial charge >= 0.3 is 0 Å². The molecule has 1 atom stereocenters. The molecule has 0 amide bonds. The molecule has 3 rings (SSSR count). The largest absolute Gasteiger partial charge is 0.369 e. The van der Waals surface area contributed by atoms with Crippen molar-refractivity contribution in [3.8, 4) is 0 Å². The number of nitrogens with zero attached hydrogens (tertiary/aromatic N) is 2. The zero-order valence-corrected chi connectivity index (χ0v) is 18.7. The van der Waals surface area contributed by atoms with Gasteiger partial charge in [0.1, 0.15) is 0 Å². The highest BCUT2D eigenvalue weighted by Crippen LogP contribution is 2.30. The van der Waals surface area contributed by atoms with E-state index in [2.05, 4.69) is 28.9 Å². The van der Waals surface area contributed by atoms with E-state index in [1.807, 2.05) is 18.2 Å². The average Bonchev–Trinajstić information content (AvgIpc) is 2.83. The molecule has 1 aliphatic heterocycles. The van der Waals surface area contributed by atoms with Crippen LogP contribution in [0.15, 0.2) is 58.3 Å². The van der Waals surface area contributed by atoms with E-state index < -0.39 is 19.7 Å². The van der Waals surface area contributed by atoms with Crippen molar-refractivity contribution in [1.29, 1.82) is 0 Å². The van der Waals surface area contributed by atoms with Gasteiger partial charge in [-0.05, 0) is 37.1 Å². The van der Waals surface area contributed by atoms with Crippen LogP contribution < -0.4 is 4.90 Å². The molecule has 2 aromatic rings. The van der Waals surface area contributed by atoms with Crippen LogP contribution in [0.25, 0.3) is 0 Å². The second-order valence-corrected chi connectivity index (χ2v) is 11.8. The Kier molecular flexibility index (Phi) is 6.36. The minimum atomic E-state index is -3.57. The highest BCUT2D eigenvalue weighted by atomic mass is 32.2. The molecule has 1 saturated heterocycles. The van der Waals surface area contributed by atoms with Gasteiger partial charge in [0.15, 0.2) is 19.7 Å². The second-order valence-electron chi connectivity index (χ2n) is 7.75. The van der Waals surface area contributed by atoms with Crippen LogP contribution in [-0.2, 0) is 26.2 Å². The quantitative estimate of drug-likeness (QED) is 0.717. The highest BCUT2D eigenvalue weighted by molar-refractivity contribution is 7.91. The van der Waals surface area contributed by atoms with Crippen molar-refractivity contribution in [2.75, 3.05) is 37.0 Å². The van der Waals surface area contributed by atoms with E-state index in [1.165, 1.54) is 17.7 Å². The molecule has 1 aliphatic rings. The van der Waals surface area contributed by atoms with Gasteiger partial charge in [0.05, 0.1) is 15.5 Å². The summed E-state index contributed by atoms with van der Waals surface area (Å²) in [4.78, 5) is 4.56. The first kappa shape index (κ1) is 21.8. The number of benzene rings is 2. The first-order valence-electron chi connectivity index (χ1n) is 9.63. The van der Waals surface area contributed by atoms with Crippen molar-refractivity contribution in [2.24, 2.45) is 0 Å². The molecule has 1 unspecified atom stereocenters. The van der Waals surface area contributed by atoms with Gasteiger partial charge in [0, 0.05) is 44.7 Å². The van der Waals surface area contributed by atoms with Gasteiger partial charge in [-0.2, -0.15) is 0 Å². The number of hydrogen-bond acceptors (Lipinski definition) is 6. The fourth-order valence-electron chi connectivity index (χ4n) is 3.68. The number of rotatable bonds is 5. The lowest BCUT2D eigenvalue weighted by Crippen LogP contribution is -2.34. The van der Waals surface area contributed by atoms with Gasteiger partial charge in [0.2, 0.25) is 0 Å². The molecular formula is C21H28N2O4S2. The smallest absolute Gasteiger partial charge is 0.177 e. The summed E-state index contributed by atoms with van der Waals surface area (Å²) < 4.78 is 48.6. The van der Waals surface area contributed by atoms with Crippen molar-refractivity contribution in [3.63, 3.8) is 0 Å². The molecule has 0 bridgehead atoms. The average molecular weight is 437 g/mol. The Labute approximate surface area is 174 Å². The van der Waals surface area contributed by atoms with Crippen molar-refractivity contribution >= 4 is 25.4 Å². The van der Waals surface area contributed by atoms with Crippen LogP contribution >= 0.6 is 0 Å². The molecule has 2 aromatic carbocycles. The molecule has 0 N–H and O–H groups in total. The maximum Gasteiger partial charge on any atom is 0.177 e. The zero-order valence-electron chi connectivity index (χ0n) is 17.1. The Morgan fingerprint density at radius 3 is 2.21 bits per heavy atom. The third-order valence-corrected chi connectivity index (χ3v) is 7.66. The van der Waals surface area contributed by atoms with Crippen molar-refractivity contribution in [2.45, 2.75) is 35.7 Å². The van der Waals surface area contributed by atoms with Crippen LogP contribution in [0.4, 0.5) is 5.69 Å². The number of sulfone groups is 2. The fraction of sp³-hybridized carbons (Fsp3) is 0.429. The molecular weight excluding hydrogens is 408 g/mol. The standard InChI is InChI=1S/C21H28N2O4S2/c1-17-11-12-22(13-14-23(17)16-18-7-5-4-6-8-18)20-10-9-19(28(2,24)25)15-21(20)29(3,26)27/h4-10,15,17H,11-14,16H2,1-3H3. The third kappa shape index (κ3) is 5.38. The van der Waals surface area contributed by atoms with Gasteiger partial charge in [-0.25, -0.2) is 16.8 Å². The maximum absolute atomic E-state index is 12.4. The van der Waals surface area contributed by atoms with Crippen molar-refractivity contribution in [3.05, 3.63) is 54.1 Å². The van der Waals surface area contributed by atoms with E-state index in [-0.39, 0.29) is 9.79 Å². The normalized spacial score (nSPS) is 19.1. The van der Waals surface area contributed by atoms with E-state index in [0.29, 0.717) is 24.8 Å². The summed E-state index contributed by atoms with van der Waals surface area (Å²) in [5.41, 5.74) is 1.83. The third-order valence-electron chi connectivity index (χ3n) is 5.43. The molecule has 8 heteroatoms. The number of anilines is 1. The molecule has 6 nitrogen and oxygen atoms in total. The molecule has 0 radical (unpaired) electrons. The van der Waals surface area contributed by atoms with Crippen LogP contribution in [-0.4, -0.2) is 59.9 Å². The van der Waals surface area contributed by atoms with E-state index in [9.17, 15) is 16.8 Å². The highest BCUT2D eigenvalue weighted by Gasteiger charge is 2.25. The van der Waals surface area contributed by atoms with Crippen molar-refractivity contribution in [1.82, 2.24) is 4.90 Å². The SMILES string of the molecule is CC1CCN(c2ccc(S(C)(=O)=O)cc2S(C)(=O)=O)CCN1Cc1ccccc1. The van der Waals surface area contributed by atoms with Gasteiger partial charge in [-0.3, -0.25) is 4.90 Å². The molecule has 0 aromatic heterocycles. The van der Waals surface area contributed by atoms with Crippen LogP contribution in [0.5, 0.6) is 0 Å². The maximum atomic E-state index is 12.4. The van der Waals surface area contributed by atoms with E-state index in [0.717, 1.165) is 32.0 Å². The van der Waals surface area contributed by atoms with E-state index in [1.54, 1.807) is 6.07 Å². The molecule has 1 fully saturated rings. The lowest BCUT2D eigenvalue weighted by molar-refractivity contribution is 0.212. The molecule has 0 spiro atoms. The first-order chi connectivity index (χ1) is 13.6. The monoisotopic (exact) mass is 436 g/mol. The summed E-state index contributed by atoms with van der Waals surface area (Å²) in [6.45, 7) is 5.23. The van der Waals surface area contributed by atoms with E-state index >= 15 is 0 Å². The Balaban J connectivity index is 1.88. The Bertz CT molecular complexity index is 1070. The summed E-state index contributed by atoms with van der Waals surface area (Å²) in [5, 5.41) is 0. The molecule has 158 valence electrons. The molecule has 0 saturated carbocycles. The topological polar surface area (TPSA) is 74.8 Å². The van der Waals surface area contributed by atoms with Gasteiger partial charge in [-0.15, -0.1) is 0 Å². The Morgan fingerprint density at radius 1 is 0.897 bits per heavy atom. The second kappa shape index (κ2) is 8.45. The fourth-order valence-corrected chi connectivity index (χ4v) is 5.32. The van der Waals surface area contributed by atoms with Crippen LogP contribution in [0.3, 0.4) is 0 Å². The summed E-state index contributed by atoms with van der Waals surface area (Å²) in [5.74, 6) is 0. The number of hydrogen-bond donors (Lipinski definition) is 0. The minimum Gasteiger partial charge on any atom is -0.369 e. The Morgan fingerprint density at radius 2 is 1.59 bits per heavy atom. The first-order valence-corrected chi connectivity index (χ1v) is 13.4. The summed E-state index contributed by atoms with van der Waals surface area (Å²) in [6, 6.07) is 15.1. The van der Waals surface area contributed by atoms with Crippen LogP contribution in [0, 0.1) is 0 Å². The summed E-state index contributed by atoms with van der Waals surface area (Å²) in [6.07, 6.45) is 3.10. The van der Waals surface area contributed by atoms with E-state index in [4.69, 9.17) is 0 Å². The predicted octanol–water partition coefficient (Wildman–Crippen LogP) is 2.59. The summed E-state index contributed by atoms with van der Waals surface area (Å²) in [7, 11) is -7.06. The molecule has 1 heterocycles. The summed E-state index contributed by atoms with van der Waals surface area (Å²) >= 11 is 0. The van der Waals surface area contributed by atoms with Gasteiger partial charge in [-0.1, -0.05) is 30.3 Å².